The Labute approximate surface area is 126 Å². The van der Waals surface area contributed by atoms with E-state index in [0.29, 0.717) is 22.9 Å². The van der Waals surface area contributed by atoms with Crippen LogP contribution in [0.15, 0.2) is 24.8 Å². The molecule has 0 saturated carbocycles. The van der Waals surface area contributed by atoms with Gasteiger partial charge in [0.1, 0.15) is 0 Å². The van der Waals surface area contributed by atoms with Gasteiger partial charge in [-0.2, -0.15) is 0 Å². The first kappa shape index (κ1) is 16.9. The molecule has 1 rings (SSSR count). The molecule has 1 N–H and O–H groups in total. The number of rotatable bonds is 9. The Balaban J connectivity index is 2.66. The minimum absolute atomic E-state index is 0.451. The van der Waals surface area contributed by atoms with Gasteiger partial charge in [0.25, 0.3) is 0 Å². The van der Waals surface area contributed by atoms with E-state index in [-0.39, 0.29) is 0 Å². The monoisotopic (exact) mass is 298 g/mol. The van der Waals surface area contributed by atoms with Crippen LogP contribution in [0.1, 0.15) is 43.8 Å². The van der Waals surface area contributed by atoms with Gasteiger partial charge in [0.2, 0.25) is 0 Å². The molecule has 0 aliphatic rings. The van der Waals surface area contributed by atoms with Gasteiger partial charge in [0, 0.05) is 0 Å². The predicted octanol–water partition coefficient (Wildman–Crippen LogP) is 4.53. The number of aliphatic hydroxyl groups is 1. The van der Waals surface area contributed by atoms with Crippen LogP contribution in [-0.2, 0) is 0 Å². The Kier molecular flexibility index (Phi) is 7.48. The summed E-state index contributed by atoms with van der Waals surface area (Å²) < 4.78 is 10.4. The Bertz CT molecular complexity index is 432. The summed E-state index contributed by atoms with van der Waals surface area (Å²) in [4.78, 5) is 0. The van der Waals surface area contributed by atoms with Crippen molar-refractivity contribution in [3.63, 3.8) is 0 Å². The minimum Gasteiger partial charge on any atom is -0.493 e. The summed E-state index contributed by atoms with van der Waals surface area (Å²) in [6, 6.07) is 3.51. The number of aliphatic hydroxyl groups excluding tert-OH is 1. The van der Waals surface area contributed by atoms with E-state index in [1.165, 1.54) is 0 Å². The lowest BCUT2D eigenvalue weighted by Crippen LogP contribution is -2.00. The topological polar surface area (TPSA) is 38.7 Å². The molecule has 0 amide bonds. The van der Waals surface area contributed by atoms with Crippen molar-refractivity contribution in [2.45, 2.75) is 38.2 Å². The van der Waals surface area contributed by atoms with E-state index in [9.17, 15) is 5.11 Å². The lowest BCUT2D eigenvalue weighted by Gasteiger charge is -2.15. The van der Waals surface area contributed by atoms with Crippen molar-refractivity contribution < 1.29 is 14.6 Å². The average molecular weight is 299 g/mol. The van der Waals surface area contributed by atoms with Gasteiger partial charge >= 0.3 is 0 Å². The molecule has 4 heteroatoms. The first-order valence-electron chi connectivity index (χ1n) is 6.84. The molecule has 1 atom stereocenters. The molecule has 1 aromatic carbocycles. The lowest BCUT2D eigenvalue weighted by atomic mass is 10.0. The van der Waals surface area contributed by atoms with Crippen LogP contribution >= 0.6 is 11.6 Å². The smallest absolute Gasteiger partial charge is 0.179 e. The second-order valence-corrected chi connectivity index (χ2v) is 5.09. The molecular weight excluding hydrogens is 276 g/mol. The zero-order valence-corrected chi connectivity index (χ0v) is 12.9. The zero-order valence-electron chi connectivity index (χ0n) is 12.2. The number of hydrogen-bond acceptors (Lipinski definition) is 3. The summed E-state index contributed by atoms with van der Waals surface area (Å²) in [7, 11) is 3.10. The van der Waals surface area contributed by atoms with Crippen LogP contribution in [-0.4, -0.2) is 19.3 Å². The van der Waals surface area contributed by atoms with Crippen molar-refractivity contribution in [1.29, 1.82) is 0 Å². The third kappa shape index (κ3) is 4.73. The number of methoxy groups -OCH3 is 2. The second-order valence-electron chi connectivity index (χ2n) is 4.68. The van der Waals surface area contributed by atoms with Crippen molar-refractivity contribution in [3.05, 3.63) is 35.4 Å². The first-order valence-corrected chi connectivity index (χ1v) is 7.22. The summed E-state index contributed by atoms with van der Waals surface area (Å²) in [5, 5.41) is 10.7. The molecular formula is C16H23ClO3. The van der Waals surface area contributed by atoms with Crippen LogP contribution in [0.2, 0.25) is 5.02 Å². The molecule has 1 unspecified atom stereocenters. The van der Waals surface area contributed by atoms with E-state index < -0.39 is 6.10 Å². The van der Waals surface area contributed by atoms with E-state index in [0.717, 1.165) is 31.2 Å². The lowest BCUT2D eigenvalue weighted by molar-refractivity contribution is 0.163. The summed E-state index contributed by atoms with van der Waals surface area (Å²) in [6.07, 6.45) is 6.30. The Morgan fingerprint density at radius 3 is 2.60 bits per heavy atom. The minimum atomic E-state index is -0.531. The normalized spacial score (nSPS) is 12.0. The summed E-state index contributed by atoms with van der Waals surface area (Å²) >= 11 is 6.13. The number of hydrogen-bond donors (Lipinski definition) is 1. The maximum atomic E-state index is 10.2. The van der Waals surface area contributed by atoms with Gasteiger partial charge in [-0.05, 0) is 37.0 Å². The van der Waals surface area contributed by atoms with Gasteiger partial charge in [-0.15, -0.1) is 6.58 Å². The highest BCUT2D eigenvalue weighted by Crippen LogP contribution is 2.38. The second kappa shape index (κ2) is 8.88. The van der Waals surface area contributed by atoms with Gasteiger partial charge in [-0.25, -0.2) is 0 Å². The highest BCUT2D eigenvalue weighted by molar-refractivity contribution is 6.32. The predicted molar refractivity (Wildman–Crippen MR) is 82.8 cm³/mol. The highest BCUT2D eigenvalue weighted by Gasteiger charge is 2.15. The number of allylic oxidation sites excluding steroid dienone is 1. The molecule has 0 aliphatic carbocycles. The standard InChI is InChI=1S/C16H23ClO3/c1-4-5-6-7-8-9-14(18)12-10-13(17)16(20-3)15(11-12)19-2/h4,10-11,14,18H,1,5-9H2,2-3H3. The molecule has 3 nitrogen and oxygen atoms in total. The molecule has 0 aliphatic heterocycles. The first-order chi connectivity index (χ1) is 9.63. The van der Waals surface area contributed by atoms with Crippen molar-refractivity contribution in [1.82, 2.24) is 0 Å². The van der Waals surface area contributed by atoms with Gasteiger partial charge in [0.15, 0.2) is 11.5 Å². The fraction of sp³-hybridized carbons (Fsp3) is 0.500. The average Bonchev–Trinajstić information content (AvgIpc) is 2.45. The van der Waals surface area contributed by atoms with Crippen LogP contribution in [0.5, 0.6) is 11.5 Å². The van der Waals surface area contributed by atoms with Crippen molar-refractivity contribution >= 4 is 11.6 Å². The van der Waals surface area contributed by atoms with E-state index in [2.05, 4.69) is 6.58 Å². The van der Waals surface area contributed by atoms with Crippen molar-refractivity contribution in [2.24, 2.45) is 0 Å². The molecule has 0 bridgehead atoms. The number of unbranched alkanes of at least 4 members (excludes halogenated alkanes) is 3. The third-order valence-electron chi connectivity index (χ3n) is 3.23. The van der Waals surface area contributed by atoms with Gasteiger partial charge in [0.05, 0.1) is 25.3 Å². The van der Waals surface area contributed by atoms with Crippen LogP contribution in [0, 0.1) is 0 Å². The van der Waals surface area contributed by atoms with E-state index in [4.69, 9.17) is 21.1 Å². The van der Waals surface area contributed by atoms with Gasteiger partial charge in [-0.3, -0.25) is 0 Å². The van der Waals surface area contributed by atoms with Crippen LogP contribution in [0.3, 0.4) is 0 Å². The fourth-order valence-electron chi connectivity index (χ4n) is 2.10. The van der Waals surface area contributed by atoms with Gasteiger partial charge in [-0.1, -0.05) is 30.5 Å². The maximum Gasteiger partial charge on any atom is 0.179 e. The SMILES string of the molecule is C=CCCCCCC(O)c1cc(Cl)c(OC)c(OC)c1. The summed E-state index contributed by atoms with van der Waals surface area (Å²) in [5.74, 6) is 1.04. The molecule has 112 valence electrons. The third-order valence-corrected chi connectivity index (χ3v) is 3.51. The number of ether oxygens (including phenoxy) is 2. The molecule has 0 saturated heterocycles. The quantitative estimate of drug-likeness (QED) is 0.538. The molecule has 0 fully saturated rings. The van der Waals surface area contributed by atoms with E-state index in [1.54, 1.807) is 26.4 Å². The Morgan fingerprint density at radius 1 is 1.25 bits per heavy atom. The molecule has 0 aromatic heterocycles. The highest BCUT2D eigenvalue weighted by atomic mass is 35.5. The van der Waals surface area contributed by atoms with Crippen LogP contribution < -0.4 is 9.47 Å². The fourth-order valence-corrected chi connectivity index (χ4v) is 2.40. The summed E-state index contributed by atoms with van der Waals surface area (Å²) in [5.41, 5.74) is 0.761. The largest absolute Gasteiger partial charge is 0.493 e. The van der Waals surface area contributed by atoms with E-state index >= 15 is 0 Å². The molecule has 0 radical (unpaired) electrons. The zero-order chi connectivity index (χ0) is 15.0. The maximum absolute atomic E-state index is 10.2. The van der Waals surface area contributed by atoms with Gasteiger partial charge < -0.3 is 14.6 Å². The Hall–Kier alpha value is -1.19. The van der Waals surface area contributed by atoms with E-state index in [1.807, 2.05) is 6.08 Å². The van der Waals surface area contributed by atoms with Crippen LogP contribution in [0.25, 0.3) is 0 Å². The molecule has 1 aromatic rings. The van der Waals surface area contributed by atoms with Crippen molar-refractivity contribution in [2.75, 3.05) is 14.2 Å². The summed E-state index contributed by atoms with van der Waals surface area (Å²) in [6.45, 7) is 3.70. The Morgan fingerprint density at radius 2 is 2.00 bits per heavy atom. The van der Waals surface area contributed by atoms with Crippen molar-refractivity contribution in [3.8, 4) is 11.5 Å². The molecule has 0 heterocycles. The molecule has 20 heavy (non-hydrogen) atoms. The number of halogens is 1. The molecule has 0 spiro atoms. The number of benzene rings is 1. The van der Waals surface area contributed by atoms with Crippen LogP contribution in [0.4, 0.5) is 0 Å².